The number of nitrogens with one attached hydrogen (secondary N) is 1. The first-order chi connectivity index (χ1) is 11.2. The van der Waals surface area contributed by atoms with E-state index in [1.54, 1.807) is 11.3 Å². The lowest BCUT2D eigenvalue weighted by molar-refractivity contribution is -0.133. The average molecular weight is 332 g/mol. The molecule has 1 aromatic carbocycles. The van der Waals surface area contributed by atoms with E-state index in [0.717, 1.165) is 23.7 Å². The van der Waals surface area contributed by atoms with Gasteiger partial charge >= 0.3 is 0 Å². The van der Waals surface area contributed by atoms with E-state index in [9.17, 15) is 9.90 Å². The van der Waals surface area contributed by atoms with Crippen LogP contribution in [0.15, 0.2) is 24.3 Å². The topological polar surface area (TPSA) is 68.7 Å². The van der Waals surface area contributed by atoms with Gasteiger partial charge < -0.3 is 20.2 Å². The van der Waals surface area contributed by atoms with Gasteiger partial charge in [-0.05, 0) is 18.6 Å². The van der Waals surface area contributed by atoms with Gasteiger partial charge in [0.15, 0.2) is 5.13 Å². The maximum Gasteiger partial charge on any atom is 0.239 e. The minimum absolute atomic E-state index is 0.116. The number of β-amino-alcohol motifs (C(OH)–C–C–N with tert-alkyl or cyclic N) is 1. The number of aliphatic hydroxyl groups excluding tert-OH is 1. The Bertz CT molecular complexity index is 678. The molecule has 0 saturated carbocycles. The lowest BCUT2D eigenvalue weighted by Gasteiger charge is -2.35. The Hall–Kier alpha value is -1.70. The molecule has 0 aliphatic carbocycles. The van der Waals surface area contributed by atoms with Crippen molar-refractivity contribution >= 4 is 32.6 Å². The van der Waals surface area contributed by atoms with Gasteiger partial charge in [-0.15, -0.1) is 0 Å². The van der Waals surface area contributed by atoms with Crippen molar-refractivity contribution in [2.24, 2.45) is 0 Å². The van der Waals surface area contributed by atoms with Crippen LogP contribution in [0.1, 0.15) is 6.42 Å². The zero-order valence-corrected chi connectivity index (χ0v) is 13.6. The Balaban J connectivity index is 1.39. The van der Waals surface area contributed by atoms with Crippen molar-refractivity contribution in [3.63, 3.8) is 0 Å². The number of para-hydroxylation sites is 1. The highest BCUT2D eigenvalue weighted by Crippen LogP contribution is 2.29. The molecule has 3 heterocycles. The molecule has 0 bridgehead atoms. The van der Waals surface area contributed by atoms with Gasteiger partial charge in [-0.25, -0.2) is 4.98 Å². The predicted octanol–water partition coefficient (Wildman–Crippen LogP) is 0.668. The van der Waals surface area contributed by atoms with Crippen LogP contribution in [0.3, 0.4) is 0 Å². The number of fused-ring (bicyclic) bond motifs is 1. The molecule has 4 rings (SSSR count). The molecule has 0 unspecified atom stereocenters. The third-order valence-electron chi connectivity index (χ3n) is 4.55. The lowest BCUT2D eigenvalue weighted by Crippen LogP contribution is -2.53. The summed E-state index contributed by atoms with van der Waals surface area (Å²) in [5.74, 6) is 0.116. The van der Waals surface area contributed by atoms with Crippen LogP contribution in [-0.4, -0.2) is 65.8 Å². The van der Waals surface area contributed by atoms with E-state index in [1.165, 1.54) is 4.70 Å². The quantitative estimate of drug-likeness (QED) is 0.846. The summed E-state index contributed by atoms with van der Waals surface area (Å²) in [5, 5.41) is 13.7. The van der Waals surface area contributed by atoms with Crippen LogP contribution < -0.4 is 10.2 Å². The van der Waals surface area contributed by atoms with Crippen LogP contribution in [0.2, 0.25) is 0 Å². The number of thiazole rings is 1. The molecule has 6 nitrogen and oxygen atoms in total. The number of rotatable bonds is 2. The summed E-state index contributed by atoms with van der Waals surface area (Å²) in [5.41, 5.74) is 1.04. The number of nitrogens with zero attached hydrogens (tertiary/aromatic N) is 3. The lowest BCUT2D eigenvalue weighted by atomic mass is 10.1. The molecule has 2 N–H and O–H groups in total. The molecule has 122 valence electrons. The van der Waals surface area contributed by atoms with Crippen molar-refractivity contribution < 1.29 is 9.90 Å². The van der Waals surface area contributed by atoms with Gasteiger partial charge in [0.05, 0.1) is 22.4 Å². The molecular weight excluding hydrogens is 312 g/mol. The van der Waals surface area contributed by atoms with Gasteiger partial charge in [0.25, 0.3) is 0 Å². The summed E-state index contributed by atoms with van der Waals surface area (Å²) in [4.78, 5) is 21.3. The van der Waals surface area contributed by atoms with Gasteiger partial charge in [0, 0.05) is 32.7 Å². The average Bonchev–Trinajstić information content (AvgIpc) is 3.20. The van der Waals surface area contributed by atoms with Crippen LogP contribution in [-0.2, 0) is 4.79 Å². The maximum absolute atomic E-state index is 12.5. The van der Waals surface area contributed by atoms with Crippen molar-refractivity contribution in [3.05, 3.63) is 24.3 Å². The van der Waals surface area contributed by atoms with Gasteiger partial charge in [-0.2, -0.15) is 0 Å². The molecule has 0 spiro atoms. The molecule has 2 aromatic rings. The normalized spacial score (nSPS) is 25.3. The van der Waals surface area contributed by atoms with Gasteiger partial charge in [-0.3, -0.25) is 4.79 Å². The van der Waals surface area contributed by atoms with E-state index < -0.39 is 6.10 Å². The molecule has 2 aliphatic rings. The summed E-state index contributed by atoms with van der Waals surface area (Å²) in [6, 6.07) is 7.94. The number of amides is 1. The molecule has 23 heavy (non-hydrogen) atoms. The number of piperazine rings is 1. The number of carbonyl (C=O) groups excluding carboxylic acids is 1. The van der Waals surface area contributed by atoms with Crippen molar-refractivity contribution in [1.29, 1.82) is 0 Å². The fraction of sp³-hybridized carbons (Fsp3) is 0.500. The van der Waals surface area contributed by atoms with Gasteiger partial charge in [0.2, 0.25) is 5.91 Å². The Morgan fingerprint density at radius 2 is 2.04 bits per heavy atom. The molecule has 2 saturated heterocycles. The minimum atomic E-state index is -0.395. The summed E-state index contributed by atoms with van der Waals surface area (Å²) in [6.07, 6.45) is 0.129. The molecule has 2 aliphatic heterocycles. The van der Waals surface area contributed by atoms with Crippen LogP contribution in [0.4, 0.5) is 5.13 Å². The highest BCUT2D eigenvalue weighted by Gasteiger charge is 2.33. The third-order valence-corrected chi connectivity index (χ3v) is 5.65. The largest absolute Gasteiger partial charge is 0.392 e. The second-order valence-electron chi connectivity index (χ2n) is 6.13. The number of anilines is 1. The molecule has 1 amide bonds. The fourth-order valence-electron chi connectivity index (χ4n) is 3.24. The predicted molar refractivity (Wildman–Crippen MR) is 90.8 cm³/mol. The second-order valence-corrected chi connectivity index (χ2v) is 7.14. The maximum atomic E-state index is 12.5. The van der Waals surface area contributed by atoms with E-state index in [1.807, 2.05) is 23.1 Å². The standard InChI is InChI=1S/C16H20N4O2S/c21-11-9-13(17-10-11)15(22)19-5-7-20(8-6-19)16-18-12-3-1-2-4-14(12)23-16/h1-4,11,13,17,21H,5-10H2/t11-,13+/m1/s1. The number of hydrogen-bond donors (Lipinski definition) is 2. The van der Waals surface area contributed by atoms with E-state index in [-0.39, 0.29) is 11.9 Å². The molecule has 1 aromatic heterocycles. The molecule has 0 radical (unpaired) electrons. The monoisotopic (exact) mass is 332 g/mol. The molecule has 2 atom stereocenters. The molecular formula is C16H20N4O2S. The van der Waals surface area contributed by atoms with Crippen LogP contribution in [0, 0.1) is 0 Å². The van der Waals surface area contributed by atoms with Crippen LogP contribution in [0.25, 0.3) is 10.2 Å². The Morgan fingerprint density at radius 1 is 1.26 bits per heavy atom. The molecule has 2 fully saturated rings. The van der Waals surface area contributed by atoms with Crippen molar-refractivity contribution in [2.45, 2.75) is 18.6 Å². The molecule has 7 heteroatoms. The summed E-state index contributed by atoms with van der Waals surface area (Å²) >= 11 is 1.70. The smallest absolute Gasteiger partial charge is 0.239 e. The van der Waals surface area contributed by atoms with E-state index >= 15 is 0 Å². The van der Waals surface area contributed by atoms with Crippen molar-refractivity contribution in [3.8, 4) is 0 Å². The van der Waals surface area contributed by atoms with Gasteiger partial charge in [0.1, 0.15) is 0 Å². The number of benzene rings is 1. The number of aromatic nitrogens is 1. The highest BCUT2D eigenvalue weighted by atomic mass is 32.1. The Labute approximate surface area is 138 Å². The summed E-state index contributed by atoms with van der Waals surface area (Å²) in [7, 11) is 0. The van der Waals surface area contributed by atoms with Crippen molar-refractivity contribution in [1.82, 2.24) is 15.2 Å². The van der Waals surface area contributed by atoms with Gasteiger partial charge in [-0.1, -0.05) is 23.5 Å². The number of aliphatic hydroxyl groups is 1. The first kappa shape index (κ1) is 14.9. The fourth-order valence-corrected chi connectivity index (χ4v) is 4.26. The number of hydrogen-bond acceptors (Lipinski definition) is 6. The van der Waals surface area contributed by atoms with E-state index in [0.29, 0.717) is 26.1 Å². The first-order valence-corrected chi connectivity index (χ1v) is 8.83. The first-order valence-electron chi connectivity index (χ1n) is 8.01. The second kappa shape index (κ2) is 6.07. The van der Waals surface area contributed by atoms with E-state index in [4.69, 9.17) is 0 Å². The highest BCUT2D eigenvalue weighted by molar-refractivity contribution is 7.22. The van der Waals surface area contributed by atoms with Crippen LogP contribution in [0.5, 0.6) is 0 Å². The zero-order valence-electron chi connectivity index (χ0n) is 12.8. The third kappa shape index (κ3) is 2.91. The minimum Gasteiger partial charge on any atom is -0.392 e. The zero-order chi connectivity index (χ0) is 15.8. The Morgan fingerprint density at radius 3 is 2.74 bits per heavy atom. The summed E-state index contributed by atoms with van der Waals surface area (Å²) in [6.45, 7) is 3.55. The van der Waals surface area contributed by atoms with E-state index in [2.05, 4.69) is 21.3 Å². The van der Waals surface area contributed by atoms with Crippen LogP contribution >= 0.6 is 11.3 Å². The van der Waals surface area contributed by atoms with Crippen molar-refractivity contribution in [2.75, 3.05) is 37.6 Å². The Kier molecular flexibility index (Phi) is 3.92. The summed E-state index contributed by atoms with van der Waals surface area (Å²) < 4.78 is 1.20. The SMILES string of the molecule is O=C([C@@H]1C[C@@H](O)CN1)N1CCN(c2nc3ccccc3s2)CC1. The number of carbonyl (C=O) groups is 1.